The van der Waals surface area contributed by atoms with Crippen molar-refractivity contribution in [1.82, 2.24) is 4.90 Å². The van der Waals surface area contributed by atoms with Crippen molar-refractivity contribution in [1.29, 1.82) is 0 Å². The first kappa shape index (κ1) is 31.1. The molecule has 2 unspecified atom stereocenters. The highest BCUT2D eigenvalue weighted by molar-refractivity contribution is 5.78. The summed E-state index contributed by atoms with van der Waals surface area (Å²) in [5, 5.41) is 0. The summed E-state index contributed by atoms with van der Waals surface area (Å²) < 4.78 is 5.66. The quantitative estimate of drug-likeness (QED) is 0.285. The number of ether oxygens (including phenoxy) is 1. The fourth-order valence-corrected chi connectivity index (χ4v) is 6.90. The molecule has 0 spiro atoms. The Morgan fingerprint density at radius 3 is 1.74 bits per heavy atom. The summed E-state index contributed by atoms with van der Waals surface area (Å²) in [6, 6.07) is 0. The van der Waals surface area contributed by atoms with Gasteiger partial charge in [-0.25, -0.2) is 0 Å². The topological polar surface area (TPSA) is 46.6 Å². The number of carbonyl (C=O) groups excluding carboxylic acids is 2. The molecule has 1 aliphatic rings. The number of likely N-dealkylation sites (tertiary alicyclic amines) is 1. The van der Waals surface area contributed by atoms with E-state index in [0.717, 1.165) is 32.2 Å². The molecule has 200 valence electrons. The molecule has 0 radical (unpaired) electrons. The lowest BCUT2D eigenvalue weighted by Gasteiger charge is -2.55. The molecule has 0 aromatic rings. The van der Waals surface area contributed by atoms with E-state index >= 15 is 0 Å². The van der Waals surface area contributed by atoms with Crippen molar-refractivity contribution in [2.75, 3.05) is 13.2 Å². The number of hydrogen-bond acceptors (Lipinski definition) is 4. The molecule has 0 bridgehead atoms. The van der Waals surface area contributed by atoms with E-state index in [1.165, 1.54) is 0 Å². The zero-order valence-electron chi connectivity index (χ0n) is 24.8. The first-order valence-corrected chi connectivity index (χ1v) is 13.7. The minimum Gasteiger partial charge on any atom is -0.464 e. The van der Waals surface area contributed by atoms with E-state index in [1.807, 2.05) is 0 Å². The number of ketones is 1. The zero-order valence-corrected chi connectivity index (χ0v) is 24.8. The number of Topliss-reactive ketones (excluding diaryl/α,β-unsaturated/α-hetero) is 1. The van der Waals surface area contributed by atoms with E-state index in [2.05, 4.69) is 88.0 Å². The first-order chi connectivity index (χ1) is 15.2. The van der Waals surface area contributed by atoms with Crippen LogP contribution in [0.2, 0.25) is 0 Å². The van der Waals surface area contributed by atoms with Crippen LogP contribution in [0.5, 0.6) is 0 Å². The monoisotopic (exact) mass is 479 g/mol. The van der Waals surface area contributed by atoms with Gasteiger partial charge >= 0.3 is 5.97 Å². The van der Waals surface area contributed by atoms with Crippen LogP contribution in [0, 0.1) is 28.6 Å². The summed E-state index contributed by atoms with van der Waals surface area (Å²) in [6.45, 7) is 28.0. The zero-order chi connectivity index (χ0) is 26.5. The number of piperidine rings is 1. The number of carbonyl (C=O) groups is 2. The highest BCUT2D eigenvalue weighted by Crippen LogP contribution is 2.42. The van der Waals surface area contributed by atoms with Crippen LogP contribution in [0.25, 0.3) is 0 Å². The first-order valence-electron chi connectivity index (χ1n) is 13.7. The summed E-state index contributed by atoms with van der Waals surface area (Å²) in [5.74, 6) is 1.52. The Bertz CT molecular complexity index is 648. The predicted octanol–water partition coefficient (Wildman–Crippen LogP) is 7.68. The average Bonchev–Trinajstić information content (AvgIpc) is 2.52. The molecule has 0 aliphatic carbocycles. The van der Waals surface area contributed by atoms with E-state index in [9.17, 15) is 9.59 Å². The van der Waals surface area contributed by atoms with E-state index in [1.54, 1.807) is 0 Å². The lowest BCUT2D eigenvalue weighted by Crippen LogP contribution is -2.61. The Balaban J connectivity index is 2.59. The molecule has 1 saturated heterocycles. The lowest BCUT2D eigenvalue weighted by molar-refractivity contribution is -0.148. The van der Waals surface area contributed by atoms with Crippen molar-refractivity contribution < 1.29 is 14.3 Å². The molecule has 1 rings (SSSR count). The van der Waals surface area contributed by atoms with Gasteiger partial charge in [0.25, 0.3) is 0 Å². The molecule has 4 heteroatoms. The third kappa shape index (κ3) is 11.7. The van der Waals surface area contributed by atoms with Crippen molar-refractivity contribution in [3.05, 3.63) is 0 Å². The van der Waals surface area contributed by atoms with E-state index in [4.69, 9.17) is 4.74 Å². The minimum atomic E-state index is -0.0859. The molecule has 1 heterocycles. The standard InChI is InChI=1S/C30H57NO3/c1-22(18-27(3,4)5)15-25(32)17-24-20-29(9,10)31(30(11,12)21-24)13-14-34-26(33)16-23(2)19-28(6,7)8/h22-24H,13-21H2,1-12H3. The van der Waals surface area contributed by atoms with E-state index in [0.29, 0.717) is 49.4 Å². The van der Waals surface area contributed by atoms with Gasteiger partial charge in [0.1, 0.15) is 12.4 Å². The van der Waals surface area contributed by atoms with Gasteiger partial charge in [0.05, 0.1) is 0 Å². The highest BCUT2D eigenvalue weighted by atomic mass is 16.5. The number of esters is 1. The highest BCUT2D eigenvalue weighted by Gasteiger charge is 2.45. The van der Waals surface area contributed by atoms with Crippen LogP contribution in [0.1, 0.15) is 128 Å². The summed E-state index contributed by atoms with van der Waals surface area (Å²) in [5.41, 5.74) is 0.429. The second kappa shape index (κ2) is 11.9. The summed E-state index contributed by atoms with van der Waals surface area (Å²) in [6.07, 6.45) is 5.99. The van der Waals surface area contributed by atoms with Crippen molar-refractivity contribution in [2.45, 2.75) is 139 Å². The maximum absolute atomic E-state index is 12.9. The van der Waals surface area contributed by atoms with Gasteiger partial charge in [-0.2, -0.15) is 0 Å². The molecule has 0 aromatic carbocycles. The Morgan fingerprint density at radius 2 is 1.29 bits per heavy atom. The fourth-order valence-electron chi connectivity index (χ4n) is 6.90. The molecule has 4 nitrogen and oxygen atoms in total. The third-order valence-corrected chi connectivity index (χ3v) is 7.15. The maximum Gasteiger partial charge on any atom is 0.306 e. The molecule has 0 amide bonds. The van der Waals surface area contributed by atoms with Crippen LogP contribution in [-0.4, -0.2) is 40.9 Å². The van der Waals surface area contributed by atoms with E-state index < -0.39 is 0 Å². The molecule has 1 fully saturated rings. The molecule has 1 aliphatic heterocycles. The molecule has 2 atom stereocenters. The maximum atomic E-state index is 12.9. The summed E-state index contributed by atoms with van der Waals surface area (Å²) in [4.78, 5) is 27.7. The smallest absolute Gasteiger partial charge is 0.306 e. The Hall–Kier alpha value is -0.900. The number of rotatable bonds is 11. The third-order valence-electron chi connectivity index (χ3n) is 7.15. The average molecular weight is 480 g/mol. The van der Waals surface area contributed by atoms with Crippen molar-refractivity contribution in [2.24, 2.45) is 28.6 Å². The Morgan fingerprint density at radius 1 is 0.853 bits per heavy atom. The Kier molecular flexibility index (Phi) is 10.9. The van der Waals surface area contributed by atoms with Crippen LogP contribution < -0.4 is 0 Å². The fraction of sp³-hybridized carbons (Fsp3) is 0.933. The second-order valence-electron chi connectivity index (χ2n) is 15.2. The predicted molar refractivity (Wildman–Crippen MR) is 144 cm³/mol. The van der Waals surface area contributed by atoms with Crippen LogP contribution in [0.15, 0.2) is 0 Å². The number of nitrogens with zero attached hydrogens (tertiary/aromatic N) is 1. The molecule has 0 aromatic heterocycles. The van der Waals surface area contributed by atoms with Crippen LogP contribution in [0.4, 0.5) is 0 Å². The van der Waals surface area contributed by atoms with Crippen LogP contribution >= 0.6 is 0 Å². The van der Waals surface area contributed by atoms with Crippen molar-refractivity contribution in [3.63, 3.8) is 0 Å². The van der Waals surface area contributed by atoms with Gasteiger partial charge in [0, 0.05) is 36.9 Å². The minimum absolute atomic E-state index is 0.0321. The molecular formula is C30H57NO3. The molecule has 0 saturated carbocycles. The Labute approximate surface area is 212 Å². The van der Waals surface area contributed by atoms with Gasteiger partial charge in [-0.05, 0) is 82.0 Å². The van der Waals surface area contributed by atoms with Crippen LogP contribution in [-0.2, 0) is 14.3 Å². The second-order valence-corrected chi connectivity index (χ2v) is 15.2. The van der Waals surface area contributed by atoms with Gasteiger partial charge in [-0.15, -0.1) is 0 Å². The van der Waals surface area contributed by atoms with E-state index in [-0.39, 0.29) is 27.9 Å². The van der Waals surface area contributed by atoms with Gasteiger partial charge < -0.3 is 4.74 Å². The van der Waals surface area contributed by atoms with Gasteiger partial charge in [-0.3, -0.25) is 14.5 Å². The van der Waals surface area contributed by atoms with Crippen LogP contribution in [0.3, 0.4) is 0 Å². The molecule has 0 N–H and O–H groups in total. The van der Waals surface area contributed by atoms with Gasteiger partial charge in [0.15, 0.2) is 0 Å². The van der Waals surface area contributed by atoms with Crippen molar-refractivity contribution in [3.8, 4) is 0 Å². The largest absolute Gasteiger partial charge is 0.464 e. The molecular weight excluding hydrogens is 422 g/mol. The summed E-state index contributed by atoms with van der Waals surface area (Å²) >= 11 is 0. The van der Waals surface area contributed by atoms with Gasteiger partial charge in [-0.1, -0.05) is 55.4 Å². The SMILES string of the molecule is CC(CC(=O)CC1CC(C)(C)N(CCOC(=O)CC(C)CC(C)(C)C)C(C)(C)C1)CC(C)(C)C. The normalized spacial score (nSPS) is 21.2. The number of hydrogen-bond donors (Lipinski definition) is 0. The van der Waals surface area contributed by atoms with Gasteiger partial charge in [0.2, 0.25) is 0 Å². The molecule has 34 heavy (non-hydrogen) atoms. The summed E-state index contributed by atoms with van der Waals surface area (Å²) in [7, 11) is 0. The lowest BCUT2D eigenvalue weighted by atomic mass is 9.71. The van der Waals surface area contributed by atoms with Crippen molar-refractivity contribution >= 4 is 11.8 Å².